The Balaban J connectivity index is 3.34. The maximum Gasteiger partial charge on any atom is 0.639 e. The standard InChI is InChI=1S/C7H18BFO3Si/c1-10-8(11-2)12-6-5-7-13(3,4)9/h5-7H2,1-4H3. The normalized spacial score (nSPS) is 11.8. The number of hydrogen-bond acceptors (Lipinski definition) is 3. The van der Waals surface area contributed by atoms with Crippen LogP contribution in [0.25, 0.3) is 0 Å². The summed E-state index contributed by atoms with van der Waals surface area (Å²) in [6.07, 6.45) is 0.721. The Bertz CT molecular complexity index is 127. The molecule has 13 heavy (non-hydrogen) atoms. The molecule has 0 aromatic rings. The Morgan fingerprint density at radius 1 is 1.23 bits per heavy atom. The van der Waals surface area contributed by atoms with Crippen molar-refractivity contribution < 1.29 is 18.1 Å². The smallest absolute Gasteiger partial charge is 0.389 e. The molecule has 3 nitrogen and oxygen atoms in total. The summed E-state index contributed by atoms with van der Waals surface area (Å²) in [5.41, 5.74) is 0. The topological polar surface area (TPSA) is 27.7 Å². The van der Waals surface area contributed by atoms with Crippen molar-refractivity contribution in [2.75, 3.05) is 20.8 Å². The van der Waals surface area contributed by atoms with Crippen LogP contribution in [0.5, 0.6) is 0 Å². The van der Waals surface area contributed by atoms with Gasteiger partial charge in [-0.3, -0.25) is 0 Å². The molecule has 0 fully saturated rings. The molecule has 0 spiro atoms. The summed E-state index contributed by atoms with van der Waals surface area (Å²) in [5.74, 6) is 0. The lowest BCUT2D eigenvalue weighted by atomic mass is 10.2. The highest BCUT2D eigenvalue weighted by molar-refractivity contribution is 6.70. The Hall–Kier alpha value is 0.0918. The molecule has 0 aliphatic heterocycles. The summed E-state index contributed by atoms with van der Waals surface area (Å²) in [6.45, 7) is 3.86. The van der Waals surface area contributed by atoms with Crippen LogP contribution in [0.3, 0.4) is 0 Å². The van der Waals surface area contributed by atoms with E-state index in [4.69, 9.17) is 14.0 Å². The Morgan fingerprint density at radius 2 is 1.77 bits per heavy atom. The first-order valence-corrected chi connectivity index (χ1v) is 7.44. The Kier molecular flexibility index (Phi) is 6.58. The van der Waals surface area contributed by atoms with Gasteiger partial charge in [0.05, 0.1) is 0 Å². The van der Waals surface area contributed by atoms with Gasteiger partial charge in [0.2, 0.25) is 8.41 Å². The van der Waals surface area contributed by atoms with Gasteiger partial charge in [0.25, 0.3) is 0 Å². The molecular formula is C7H18BFO3Si. The summed E-state index contributed by atoms with van der Waals surface area (Å²) in [6, 6.07) is 0.618. The van der Waals surface area contributed by atoms with Gasteiger partial charge in [-0.2, -0.15) is 0 Å². The highest BCUT2D eigenvalue weighted by atomic mass is 28.4. The average Bonchev–Trinajstić information content (AvgIpc) is 2.03. The highest BCUT2D eigenvalue weighted by Crippen LogP contribution is 2.12. The molecule has 0 saturated carbocycles. The van der Waals surface area contributed by atoms with Crippen molar-refractivity contribution in [2.24, 2.45) is 0 Å². The van der Waals surface area contributed by atoms with E-state index >= 15 is 0 Å². The van der Waals surface area contributed by atoms with Gasteiger partial charge in [0.1, 0.15) is 0 Å². The van der Waals surface area contributed by atoms with Crippen molar-refractivity contribution in [2.45, 2.75) is 25.6 Å². The zero-order valence-electron chi connectivity index (χ0n) is 8.80. The second-order valence-corrected chi connectivity index (χ2v) is 7.39. The highest BCUT2D eigenvalue weighted by Gasteiger charge is 2.21. The average molecular weight is 208 g/mol. The first kappa shape index (κ1) is 13.1. The molecular weight excluding hydrogens is 190 g/mol. The van der Waals surface area contributed by atoms with Gasteiger partial charge in [0, 0.05) is 20.8 Å². The number of hydrogen-bond donors (Lipinski definition) is 0. The van der Waals surface area contributed by atoms with Crippen molar-refractivity contribution in [3.8, 4) is 0 Å². The van der Waals surface area contributed by atoms with E-state index in [1.54, 1.807) is 13.1 Å². The maximum absolute atomic E-state index is 13.1. The van der Waals surface area contributed by atoms with Gasteiger partial charge in [-0.1, -0.05) is 0 Å². The third kappa shape index (κ3) is 8.42. The van der Waals surface area contributed by atoms with E-state index in [0.29, 0.717) is 12.7 Å². The maximum atomic E-state index is 13.1. The molecule has 0 heterocycles. The van der Waals surface area contributed by atoms with Crippen molar-refractivity contribution in [1.82, 2.24) is 0 Å². The monoisotopic (exact) mass is 208 g/mol. The largest absolute Gasteiger partial charge is 0.639 e. The Labute approximate surface area is 80.9 Å². The molecule has 6 heteroatoms. The lowest BCUT2D eigenvalue weighted by Gasteiger charge is -2.12. The van der Waals surface area contributed by atoms with Crippen molar-refractivity contribution >= 4 is 15.7 Å². The van der Waals surface area contributed by atoms with Crippen LogP contribution in [0.4, 0.5) is 4.11 Å². The van der Waals surface area contributed by atoms with Gasteiger partial charge in [-0.05, 0) is 25.6 Å². The third-order valence-electron chi connectivity index (χ3n) is 1.55. The van der Waals surface area contributed by atoms with Crippen molar-refractivity contribution in [3.63, 3.8) is 0 Å². The fourth-order valence-corrected chi connectivity index (χ4v) is 1.89. The molecule has 0 bridgehead atoms. The molecule has 78 valence electrons. The first-order valence-electron chi connectivity index (χ1n) is 4.35. The van der Waals surface area contributed by atoms with Crippen LogP contribution in [-0.4, -0.2) is 36.6 Å². The molecule has 0 aromatic heterocycles. The minimum Gasteiger partial charge on any atom is -0.389 e. The van der Waals surface area contributed by atoms with Crippen molar-refractivity contribution in [1.29, 1.82) is 0 Å². The second kappa shape index (κ2) is 6.53. The second-order valence-electron chi connectivity index (χ2n) is 3.45. The SMILES string of the molecule is COB(OC)OCCC[Si](C)(C)F. The molecule has 0 aliphatic rings. The quantitative estimate of drug-likeness (QED) is 0.363. The third-order valence-corrected chi connectivity index (χ3v) is 3.10. The predicted molar refractivity (Wildman–Crippen MR) is 53.7 cm³/mol. The predicted octanol–water partition coefficient (Wildman–Crippen LogP) is 1.85. The van der Waals surface area contributed by atoms with Crippen LogP contribution in [0.15, 0.2) is 0 Å². The molecule has 0 N–H and O–H groups in total. The lowest BCUT2D eigenvalue weighted by molar-refractivity contribution is 0.135. The summed E-state index contributed by atoms with van der Waals surface area (Å²) < 4.78 is 27.9. The molecule has 0 aliphatic carbocycles. The van der Waals surface area contributed by atoms with E-state index in [2.05, 4.69) is 0 Å². The molecule has 0 amide bonds. The van der Waals surface area contributed by atoms with E-state index in [1.807, 2.05) is 0 Å². The summed E-state index contributed by atoms with van der Waals surface area (Å²) in [4.78, 5) is 0. The van der Waals surface area contributed by atoms with E-state index in [-0.39, 0.29) is 0 Å². The number of rotatable bonds is 7. The van der Waals surface area contributed by atoms with Crippen molar-refractivity contribution in [3.05, 3.63) is 0 Å². The van der Waals surface area contributed by atoms with Crippen LogP contribution < -0.4 is 0 Å². The van der Waals surface area contributed by atoms with E-state index < -0.39 is 15.7 Å². The van der Waals surface area contributed by atoms with Crippen LogP contribution in [0.1, 0.15) is 6.42 Å². The van der Waals surface area contributed by atoms with Crippen LogP contribution in [0.2, 0.25) is 19.1 Å². The fraction of sp³-hybridized carbons (Fsp3) is 1.00. The van der Waals surface area contributed by atoms with Gasteiger partial charge < -0.3 is 18.1 Å². The van der Waals surface area contributed by atoms with Gasteiger partial charge in [0.15, 0.2) is 0 Å². The van der Waals surface area contributed by atoms with E-state index in [0.717, 1.165) is 6.42 Å². The summed E-state index contributed by atoms with van der Waals surface area (Å²) >= 11 is 0. The Morgan fingerprint density at radius 3 is 2.15 bits per heavy atom. The molecule has 0 saturated heterocycles. The van der Waals surface area contributed by atoms with Gasteiger partial charge in [-0.15, -0.1) is 0 Å². The van der Waals surface area contributed by atoms with Crippen LogP contribution in [-0.2, 0) is 14.0 Å². The van der Waals surface area contributed by atoms with Gasteiger partial charge >= 0.3 is 7.32 Å². The lowest BCUT2D eigenvalue weighted by Crippen LogP contribution is -2.25. The van der Waals surface area contributed by atoms with E-state index in [9.17, 15) is 4.11 Å². The minimum absolute atomic E-state index is 0.479. The first-order chi connectivity index (χ1) is 5.99. The molecule has 0 radical (unpaired) electrons. The minimum atomic E-state index is -2.41. The number of halogens is 1. The summed E-state index contributed by atoms with van der Waals surface area (Å²) in [5, 5.41) is 0. The van der Waals surface area contributed by atoms with Gasteiger partial charge in [-0.25, -0.2) is 0 Å². The van der Waals surface area contributed by atoms with Crippen LogP contribution in [0, 0.1) is 0 Å². The molecule has 0 aromatic carbocycles. The molecule has 0 atom stereocenters. The zero-order valence-corrected chi connectivity index (χ0v) is 9.80. The molecule has 0 rings (SSSR count). The fourth-order valence-electron chi connectivity index (χ4n) is 0.904. The summed E-state index contributed by atoms with van der Waals surface area (Å²) in [7, 11) is -0.0282. The van der Waals surface area contributed by atoms with Crippen LogP contribution >= 0.6 is 0 Å². The van der Waals surface area contributed by atoms with E-state index in [1.165, 1.54) is 14.2 Å². The zero-order chi connectivity index (χ0) is 10.3. The molecule has 0 unspecified atom stereocenters.